The molecule has 0 spiro atoms. The van der Waals surface area contributed by atoms with Gasteiger partial charge in [-0.2, -0.15) is 0 Å². The number of halogens is 1. The van der Waals surface area contributed by atoms with Crippen molar-refractivity contribution in [3.63, 3.8) is 0 Å². The van der Waals surface area contributed by atoms with Gasteiger partial charge < -0.3 is 20.1 Å². The first kappa shape index (κ1) is 17.9. The number of nitrogens with one attached hydrogen (secondary N) is 1. The van der Waals surface area contributed by atoms with Crippen molar-refractivity contribution in [3.05, 3.63) is 43.0 Å². The molecule has 2 heterocycles. The number of aliphatic hydroxyl groups excluding tert-OH is 3. The van der Waals surface area contributed by atoms with E-state index in [1.54, 1.807) is 0 Å². The summed E-state index contributed by atoms with van der Waals surface area (Å²) < 4.78 is 6.44. The van der Waals surface area contributed by atoms with Gasteiger partial charge in [0.05, 0.1) is 12.6 Å². The summed E-state index contributed by atoms with van der Waals surface area (Å²) >= 11 is 1.92. The second-order valence-electron chi connectivity index (χ2n) is 4.85. The highest BCUT2D eigenvalue weighted by Crippen LogP contribution is 2.28. The van der Waals surface area contributed by atoms with E-state index in [1.807, 2.05) is 22.6 Å². The summed E-state index contributed by atoms with van der Waals surface area (Å²) in [4.78, 5) is 28.6. The fraction of sp³-hybridized carbons (Fsp3) is 0.636. The molecule has 0 aliphatic carbocycles. The lowest BCUT2D eigenvalue weighted by atomic mass is 10.1. The van der Waals surface area contributed by atoms with E-state index in [4.69, 9.17) is 15.4 Å². The molecule has 0 amide bonds. The molecule has 1 unspecified atom stereocenters. The van der Waals surface area contributed by atoms with Gasteiger partial charge >= 0.3 is 5.69 Å². The Hall–Kier alpha value is -1.44. The zero-order valence-corrected chi connectivity index (χ0v) is 13.8. The number of aromatic nitrogens is 2. The fourth-order valence-electron chi connectivity index (χ4n) is 2.28. The van der Waals surface area contributed by atoms with Gasteiger partial charge in [0.2, 0.25) is 0 Å². The van der Waals surface area contributed by atoms with Crippen LogP contribution >= 0.6 is 22.6 Å². The van der Waals surface area contributed by atoms with Crippen LogP contribution in [-0.4, -0.2) is 54.2 Å². The van der Waals surface area contributed by atoms with Gasteiger partial charge in [-0.25, -0.2) is 4.79 Å². The minimum atomic E-state index is -1.47. The van der Waals surface area contributed by atoms with Crippen LogP contribution in [0.25, 0.3) is 10.4 Å². The molecule has 23 heavy (non-hydrogen) atoms. The number of aromatic amines is 1. The van der Waals surface area contributed by atoms with Crippen LogP contribution in [0.1, 0.15) is 17.8 Å². The molecule has 126 valence electrons. The molecule has 1 fully saturated rings. The Morgan fingerprint density at radius 1 is 1.48 bits per heavy atom. The fourth-order valence-corrected chi connectivity index (χ4v) is 2.93. The lowest BCUT2D eigenvalue weighted by Gasteiger charge is -2.18. The number of azide groups is 1. The normalized spacial score (nSPS) is 28.3. The SMILES string of the molecule is [N-]=[N+]=NC(CI)c1cn([C@@H]2O[C@H](CO)[C@@H](O)[C@@H]2O)c(=O)[nH]c1=O. The average molecular weight is 439 g/mol. The smallest absolute Gasteiger partial charge is 0.330 e. The predicted octanol–water partition coefficient (Wildman–Crippen LogP) is -1.07. The molecule has 0 saturated carbocycles. The van der Waals surface area contributed by atoms with Gasteiger partial charge in [0.1, 0.15) is 18.3 Å². The zero-order chi connectivity index (χ0) is 17.1. The van der Waals surface area contributed by atoms with Crippen LogP contribution in [0.4, 0.5) is 0 Å². The highest BCUT2D eigenvalue weighted by Gasteiger charge is 2.43. The highest BCUT2D eigenvalue weighted by molar-refractivity contribution is 14.1. The average Bonchev–Trinajstić information content (AvgIpc) is 2.81. The van der Waals surface area contributed by atoms with E-state index in [0.29, 0.717) is 4.43 Å². The first-order valence-electron chi connectivity index (χ1n) is 6.52. The Morgan fingerprint density at radius 3 is 2.70 bits per heavy atom. The monoisotopic (exact) mass is 439 g/mol. The zero-order valence-electron chi connectivity index (χ0n) is 11.6. The molecule has 2 rings (SSSR count). The van der Waals surface area contributed by atoms with Crippen molar-refractivity contribution in [1.29, 1.82) is 0 Å². The largest absolute Gasteiger partial charge is 0.394 e. The van der Waals surface area contributed by atoms with Crippen LogP contribution in [0.15, 0.2) is 20.9 Å². The minimum Gasteiger partial charge on any atom is -0.394 e. The van der Waals surface area contributed by atoms with Crippen molar-refractivity contribution in [3.8, 4) is 0 Å². The molecule has 1 aromatic rings. The van der Waals surface area contributed by atoms with Crippen LogP contribution in [0.2, 0.25) is 0 Å². The maximum atomic E-state index is 12.0. The molecule has 11 nitrogen and oxygen atoms in total. The topological polar surface area (TPSA) is 174 Å². The Balaban J connectivity index is 2.50. The van der Waals surface area contributed by atoms with Crippen LogP contribution in [0, 0.1) is 0 Å². The number of rotatable bonds is 5. The maximum absolute atomic E-state index is 12.0. The summed E-state index contributed by atoms with van der Waals surface area (Å²) in [5.74, 6) is 0. The van der Waals surface area contributed by atoms with E-state index < -0.39 is 48.4 Å². The molecule has 12 heteroatoms. The summed E-state index contributed by atoms with van der Waals surface area (Å²) in [5.41, 5.74) is 7.00. The van der Waals surface area contributed by atoms with Crippen molar-refractivity contribution in [2.45, 2.75) is 30.6 Å². The summed E-state index contributed by atoms with van der Waals surface area (Å²) in [6.45, 7) is -0.547. The quantitative estimate of drug-likeness (QED) is 0.150. The molecule has 0 aromatic carbocycles. The molecule has 1 aliphatic heterocycles. The van der Waals surface area contributed by atoms with Crippen LogP contribution in [0.5, 0.6) is 0 Å². The third-order valence-electron chi connectivity index (χ3n) is 3.48. The second kappa shape index (κ2) is 7.42. The van der Waals surface area contributed by atoms with Gasteiger partial charge in [-0.05, 0) is 5.53 Å². The van der Waals surface area contributed by atoms with Crippen LogP contribution in [-0.2, 0) is 4.74 Å². The predicted molar refractivity (Wildman–Crippen MR) is 85.1 cm³/mol. The molecular formula is C11H14IN5O6. The standard InChI is InChI=1S/C11H14IN5O6/c12-1-5(15-16-13)4-2-17(11(22)14-9(4)21)10-8(20)7(19)6(3-18)23-10/h2,5-8,10,18-20H,1,3H2,(H,14,21,22)/t5?,6-,7-,8+,10-/m1/s1. The van der Waals surface area contributed by atoms with Crippen LogP contribution < -0.4 is 11.2 Å². The van der Waals surface area contributed by atoms with Crippen molar-refractivity contribution in [2.24, 2.45) is 5.11 Å². The molecule has 0 bridgehead atoms. The van der Waals surface area contributed by atoms with Gasteiger partial charge in [-0.1, -0.05) is 27.7 Å². The van der Waals surface area contributed by atoms with Crippen molar-refractivity contribution < 1.29 is 20.1 Å². The molecule has 1 aliphatic rings. The van der Waals surface area contributed by atoms with Gasteiger partial charge in [-0.15, -0.1) is 0 Å². The lowest BCUT2D eigenvalue weighted by molar-refractivity contribution is -0.0551. The Labute approximate surface area is 142 Å². The van der Waals surface area contributed by atoms with E-state index in [0.717, 1.165) is 10.8 Å². The second-order valence-corrected chi connectivity index (χ2v) is 5.74. The number of aliphatic hydroxyl groups is 3. The third kappa shape index (κ3) is 3.41. The number of H-pyrrole nitrogens is 1. The molecule has 4 N–H and O–H groups in total. The van der Waals surface area contributed by atoms with Gasteiger partial charge in [0, 0.05) is 21.1 Å². The van der Waals surface area contributed by atoms with Crippen molar-refractivity contribution in [1.82, 2.24) is 9.55 Å². The summed E-state index contributed by atoms with van der Waals surface area (Å²) in [6.07, 6.45) is -4.08. The highest BCUT2D eigenvalue weighted by atomic mass is 127. The van der Waals surface area contributed by atoms with Gasteiger partial charge in [0.15, 0.2) is 6.23 Å². The van der Waals surface area contributed by atoms with E-state index in [-0.39, 0.29) is 5.56 Å². The minimum absolute atomic E-state index is 0.0227. The van der Waals surface area contributed by atoms with E-state index >= 15 is 0 Å². The molecular weight excluding hydrogens is 425 g/mol. The van der Waals surface area contributed by atoms with Crippen molar-refractivity contribution in [2.75, 3.05) is 11.0 Å². The number of alkyl halides is 1. The molecule has 1 saturated heterocycles. The van der Waals surface area contributed by atoms with Crippen molar-refractivity contribution >= 4 is 22.6 Å². The van der Waals surface area contributed by atoms with E-state index in [1.165, 1.54) is 0 Å². The van der Waals surface area contributed by atoms with E-state index in [9.17, 15) is 19.8 Å². The molecule has 0 radical (unpaired) electrons. The summed E-state index contributed by atoms with van der Waals surface area (Å²) in [5, 5.41) is 32.3. The Kier molecular flexibility index (Phi) is 5.78. The first-order valence-corrected chi connectivity index (χ1v) is 8.05. The van der Waals surface area contributed by atoms with Gasteiger partial charge in [0.25, 0.3) is 5.56 Å². The summed E-state index contributed by atoms with van der Waals surface area (Å²) in [6, 6.07) is -0.812. The maximum Gasteiger partial charge on any atom is 0.330 e. The third-order valence-corrected chi connectivity index (χ3v) is 4.32. The number of hydrogen-bond acceptors (Lipinski definition) is 7. The lowest BCUT2D eigenvalue weighted by Crippen LogP contribution is -2.39. The number of nitrogens with zero attached hydrogens (tertiary/aromatic N) is 4. The number of hydrogen-bond donors (Lipinski definition) is 4. The van der Waals surface area contributed by atoms with Gasteiger partial charge in [-0.3, -0.25) is 14.3 Å². The Bertz CT molecular complexity index is 728. The molecule has 5 atom stereocenters. The number of ether oxygens (including phenoxy) is 1. The summed E-state index contributed by atoms with van der Waals surface area (Å²) in [7, 11) is 0. The Morgan fingerprint density at radius 2 is 2.17 bits per heavy atom. The molecule has 1 aromatic heterocycles. The van der Waals surface area contributed by atoms with Crippen LogP contribution in [0.3, 0.4) is 0 Å². The first-order chi connectivity index (χ1) is 10.9. The van der Waals surface area contributed by atoms with E-state index in [2.05, 4.69) is 15.0 Å².